The molecule has 3 atom stereocenters. The van der Waals surface area contributed by atoms with Crippen molar-refractivity contribution in [1.29, 1.82) is 0 Å². The monoisotopic (exact) mass is 432 g/mol. The number of carboxylic acid groups (broad SMARTS) is 1. The lowest BCUT2D eigenvalue weighted by Gasteiger charge is -2.21. The zero-order valence-corrected chi connectivity index (χ0v) is 18.8. The van der Waals surface area contributed by atoms with E-state index in [2.05, 4.69) is 6.92 Å². The third-order valence-electron chi connectivity index (χ3n) is 5.56. The summed E-state index contributed by atoms with van der Waals surface area (Å²) in [6, 6.07) is 0. The largest absolute Gasteiger partial charge is 0.481 e. The summed E-state index contributed by atoms with van der Waals surface area (Å²) in [7, 11) is 0. The zero-order valence-electron chi connectivity index (χ0n) is 18.8. The van der Waals surface area contributed by atoms with Gasteiger partial charge in [0.05, 0.1) is 25.2 Å². The van der Waals surface area contributed by atoms with Gasteiger partial charge in [-0.25, -0.2) is 0 Å². The van der Waals surface area contributed by atoms with Gasteiger partial charge in [-0.3, -0.25) is 9.59 Å². The van der Waals surface area contributed by atoms with E-state index in [1.807, 2.05) is 0 Å². The number of hydrogen-bond acceptors (Lipinski definition) is 6. The molecule has 0 fully saturated rings. The van der Waals surface area contributed by atoms with E-state index >= 15 is 0 Å². The summed E-state index contributed by atoms with van der Waals surface area (Å²) in [6.45, 7) is 1.76. The van der Waals surface area contributed by atoms with Crippen LogP contribution in [-0.4, -0.2) is 58.3 Å². The summed E-state index contributed by atoms with van der Waals surface area (Å²) in [5.74, 6) is -0.860. The van der Waals surface area contributed by atoms with Gasteiger partial charge in [-0.05, 0) is 31.6 Å². The molecule has 0 rings (SSSR count). The number of esters is 1. The minimum absolute atomic E-state index is 0.0202. The summed E-state index contributed by atoms with van der Waals surface area (Å²) >= 11 is 0. The standard InChI is InChI=1S/C23H44O7/c1-2-3-10-19(17-21(26)18-25)11-9-13-20(23(29)30-16-15-24)12-7-5-4-6-8-14-22(27)28/h19-21,24-26H,2-18H2,1H3,(H,27,28). The molecule has 0 aromatic carbocycles. The molecule has 0 aliphatic heterocycles. The molecule has 0 radical (unpaired) electrons. The Morgan fingerprint density at radius 3 is 2.13 bits per heavy atom. The number of carbonyl (C=O) groups excluding carboxylic acids is 1. The smallest absolute Gasteiger partial charge is 0.309 e. The average Bonchev–Trinajstić information content (AvgIpc) is 2.73. The molecular formula is C23H44O7. The Balaban J connectivity index is 4.40. The molecule has 0 heterocycles. The van der Waals surface area contributed by atoms with Crippen LogP contribution in [0.25, 0.3) is 0 Å². The number of aliphatic carboxylic acids is 1. The molecule has 0 aromatic heterocycles. The highest BCUT2D eigenvalue weighted by Gasteiger charge is 2.21. The maximum absolute atomic E-state index is 12.3. The molecule has 7 nitrogen and oxygen atoms in total. The van der Waals surface area contributed by atoms with Crippen molar-refractivity contribution in [3.63, 3.8) is 0 Å². The van der Waals surface area contributed by atoms with Gasteiger partial charge in [-0.15, -0.1) is 0 Å². The Morgan fingerprint density at radius 1 is 0.867 bits per heavy atom. The van der Waals surface area contributed by atoms with E-state index < -0.39 is 12.1 Å². The van der Waals surface area contributed by atoms with Crippen LogP contribution in [0.3, 0.4) is 0 Å². The molecule has 0 aliphatic carbocycles. The Morgan fingerprint density at radius 2 is 1.50 bits per heavy atom. The predicted octanol–water partition coefficient (Wildman–Crippen LogP) is 3.67. The number of unbranched alkanes of at least 4 members (excludes halogenated alkanes) is 5. The average molecular weight is 433 g/mol. The Kier molecular flexibility index (Phi) is 19.0. The van der Waals surface area contributed by atoms with E-state index in [0.29, 0.717) is 18.8 Å². The van der Waals surface area contributed by atoms with Crippen molar-refractivity contribution in [3.05, 3.63) is 0 Å². The molecule has 0 saturated carbocycles. The maximum atomic E-state index is 12.3. The van der Waals surface area contributed by atoms with Gasteiger partial charge >= 0.3 is 11.9 Å². The summed E-state index contributed by atoms with van der Waals surface area (Å²) in [4.78, 5) is 22.9. The molecule has 0 amide bonds. The number of aliphatic hydroxyl groups is 3. The molecule has 7 heteroatoms. The van der Waals surface area contributed by atoms with Crippen molar-refractivity contribution in [2.24, 2.45) is 11.8 Å². The van der Waals surface area contributed by atoms with Gasteiger partial charge in [0, 0.05) is 6.42 Å². The van der Waals surface area contributed by atoms with Crippen molar-refractivity contribution in [1.82, 2.24) is 0 Å². The maximum Gasteiger partial charge on any atom is 0.309 e. The van der Waals surface area contributed by atoms with E-state index in [-0.39, 0.29) is 38.1 Å². The second-order valence-electron chi connectivity index (χ2n) is 8.30. The van der Waals surface area contributed by atoms with Crippen LogP contribution in [0.4, 0.5) is 0 Å². The molecule has 30 heavy (non-hydrogen) atoms. The summed E-state index contributed by atoms with van der Waals surface area (Å²) < 4.78 is 5.15. The van der Waals surface area contributed by atoms with E-state index in [1.165, 1.54) is 0 Å². The fourth-order valence-electron chi connectivity index (χ4n) is 3.83. The highest BCUT2D eigenvalue weighted by atomic mass is 16.5. The number of ether oxygens (including phenoxy) is 1. The van der Waals surface area contributed by atoms with Crippen molar-refractivity contribution in [2.75, 3.05) is 19.8 Å². The van der Waals surface area contributed by atoms with E-state index in [9.17, 15) is 14.7 Å². The zero-order chi connectivity index (χ0) is 22.6. The summed E-state index contributed by atoms with van der Waals surface area (Å²) in [5, 5.41) is 36.5. The van der Waals surface area contributed by atoms with Crippen LogP contribution in [0, 0.1) is 11.8 Å². The van der Waals surface area contributed by atoms with Crippen molar-refractivity contribution >= 4 is 11.9 Å². The molecule has 0 aliphatic rings. The number of carbonyl (C=O) groups is 2. The van der Waals surface area contributed by atoms with Crippen LogP contribution >= 0.6 is 0 Å². The van der Waals surface area contributed by atoms with E-state index in [0.717, 1.165) is 70.6 Å². The van der Waals surface area contributed by atoms with Crippen molar-refractivity contribution < 1.29 is 34.8 Å². The quantitative estimate of drug-likeness (QED) is 0.161. The normalized spacial score (nSPS) is 14.3. The van der Waals surface area contributed by atoms with E-state index in [4.69, 9.17) is 20.1 Å². The van der Waals surface area contributed by atoms with Gasteiger partial charge in [-0.2, -0.15) is 0 Å². The summed E-state index contributed by atoms with van der Waals surface area (Å²) in [5.41, 5.74) is 0. The lowest BCUT2D eigenvalue weighted by molar-refractivity contribution is -0.150. The van der Waals surface area contributed by atoms with Gasteiger partial charge in [0.25, 0.3) is 0 Å². The lowest BCUT2D eigenvalue weighted by Crippen LogP contribution is -2.21. The number of rotatable bonds is 21. The van der Waals surface area contributed by atoms with Crippen LogP contribution in [0.1, 0.15) is 96.8 Å². The van der Waals surface area contributed by atoms with Gasteiger partial charge < -0.3 is 25.2 Å². The Hall–Kier alpha value is -1.18. The molecular weight excluding hydrogens is 388 g/mol. The predicted molar refractivity (Wildman–Crippen MR) is 116 cm³/mol. The molecule has 0 bridgehead atoms. The number of carboxylic acids is 1. The number of hydrogen-bond donors (Lipinski definition) is 4. The third-order valence-corrected chi connectivity index (χ3v) is 5.56. The van der Waals surface area contributed by atoms with Crippen LogP contribution in [-0.2, 0) is 14.3 Å². The van der Waals surface area contributed by atoms with Crippen molar-refractivity contribution in [2.45, 2.75) is 103 Å². The first-order valence-corrected chi connectivity index (χ1v) is 11.7. The lowest BCUT2D eigenvalue weighted by atomic mass is 9.88. The Bertz CT molecular complexity index is 428. The van der Waals surface area contributed by atoms with Crippen LogP contribution in [0.15, 0.2) is 0 Å². The SMILES string of the molecule is CCCCC(CCCC(CCCCCCCC(=O)O)C(=O)OCCO)CC(O)CO. The first-order valence-electron chi connectivity index (χ1n) is 11.7. The second-order valence-corrected chi connectivity index (χ2v) is 8.30. The van der Waals surface area contributed by atoms with E-state index in [1.54, 1.807) is 0 Å². The molecule has 0 aromatic rings. The van der Waals surface area contributed by atoms with Gasteiger partial charge in [0.1, 0.15) is 6.61 Å². The minimum Gasteiger partial charge on any atom is -0.481 e. The highest BCUT2D eigenvalue weighted by Crippen LogP contribution is 2.25. The topological polar surface area (TPSA) is 124 Å². The Labute approximate surface area is 181 Å². The summed E-state index contributed by atoms with van der Waals surface area (Å²) in [6.07, 6.45) is 11.0. The molecule has 178 valence electrons. The van der Waals surface area contributed by atoms with Gasteiger partial charge in [-0.1, -0.05) is 64.7 Å². The van der Waals surface area contributed by atoms with Crippen LogP contribution < -0.4 is 0 Å². The fraction of sp³-hybridized carbons (Fsp3) is 0.913. The second kappa shape index (κ2) is 19.8. The van der Waals surface area contributed by atoms with Gasteiger partial charge in [0.2, 0.25) is 0 Å². The minimum atomic E-state index is -0.759. The molecule has 0 spiro atoms. The molecule has 4 N–H and O–H groups in total. The highest BCUT2D eigenvalue weighted by molar-refractivity contribution is 5.72. The fourth-order valence-corrected chi connectivity index (χ4v) is 3.83. The first-order chi connectivity index (χ1) is 14.4. The van der Waals surface area contributed by atoms with Gasteiger partial charge in [0.15, 0.2) is 0 Å². The number of aliphatic hydroxyl groups excluding tert-OH is 3. The van der Waals surface area contributed by atoms with Crippen LogP contribution in [0.5, 0.6) is 0 Å². The molecule has 0 saturated heterocycles. The van der Waals surface area contributed by atoms with Crippen molar-refractivity contribution in [3.8, 4) is 0 Å². The van der Waals surface area contributed by atoms with Crippen LogP contribution in [0.2, 0.25) is 0 Å². The first kappa shape index (κ1) is 28.8. The molecule has 3 unspecified atom stereocenters. The third kappa shape index (κ3) is 16.6.